The Kier molecular flexibility index (Phi) is 3.87. The molecular weight excluding hydrogens is 266 g/mol. The van der Waals surface area contributed by atoms with Crippen LogP contribution in [0, 0.1) is 0 Å². The summed E-state index contributed by atoms with van der Waals surface area (Å²) >= 11 is 3.46. The quantitative estimate of drug-likeness (QED) is 0.773. The molecule has 1 saturated heterocycles. The molecule has 1 aromatic rings. The molecule has 1 aromatic carbocycles. The highest BCUT2D eigenvalue weighted by Crippen LogP contribution is 2.21. The third-order valence-electron chi connectivity index (χ3n) is 2.88. The van der Waals surface area contributed by atoms with Crippen molar-refractivity contribution in [1.82, 2.24) is 0 Å². The lowest BCUT2D eigenvalue weighted by Gasteiger charge is -2.36. The SMILES string of the molecule is CC1CN(c2ccc(CBr)cc2)CC(C)O1. The minimum atomic E-state index is 0.319. The average molecular weight is 284 g/mol. The fourth-order valence-corrected chi connectivity index (χ4v) is 2.56. The maximum atomic E-state index is 5.73. The van der Waals surface area contributed by atoms with Gasteiger partial charge >= 0.3 is 0 Å². The molecule has 3 heteroatoms. The van der Waals surface area contributed by atoms with Crippen LogP contribution in [0.5, 0.6) is 0 Å². The van der Waals surface area contributed by atoms with Gasteiger partial charge in [-0.2, -0.15) is 0 Å². The van der Waals surface area contributed by atoms with Gasteiger partial charge < -0.3 is 9.64 Å². The smallest absolute Gasteiger partial charge is 0.0726 e. The van der Waals surface area contributed by atoms with Crippen LogP contribution in [0.15, 0.2) is 24.3 Å². The Morgan fingerprint density at radius 1 is 1.19 bits per heavy atom. The average Bonchev–Trinajstić information content (AvgIpc) is 2.28. The first-order valence-electron chi connectivity index (χ1n) is 5.74. The lowest BCUT2D eigenvalue weighted by Crippen LogP contribution is -2.45. The molecule has 2 atom stereocenters. The largest absolute Gasteiger partial charge is 0.372 e. The van der Waals surface area contributed by atoms with Gasteiger partial charge in [-0.1, -0.05) is 28.1 Å². The molecule has 88 valence electrons. The van der Waals surface area contributed by atoms with E-state index in [-0.39, 0.29) is 0 Å². The van der Waals surface area contributed by atoms with Crippen LogP contribution in [-0.2, 0) is 10.1 Å². The van der Waals surface area contributed by atoms with Gasteiger partial charge in [0.1, 0.15) is 0 Å². The summed E-state index contributed by atoms with van der Waals surface area (Å²) in [5.41, 5.74) is 2.62. The Bertz CT molecular complexity index is 328. The predicted molar refractivity (Wildman–Crippen MR) is 71.3 cm³/mol. The molecule has 0 saturated carbocycles. The molecule has 1 heterocycles. The van der Waals surface area contributed by atoms with E-state index >= 15 is 0 Å². The number of rotatable bonds is 2. The number of morpholine rings is 1. The molecule has 2 nitrogen and oxygen atoms in total. The fraction of sp³-hybridized carbons (Fsp3) is 0.538. The maximum absolute atomic E-state index is 5.73. The van der Waals surface area contributed by atoms with E-state index in [1.165, 1.54) is 11.3 Å². The van der Waals surface area contributed by atoms with Crippen molar-refractivity contribution in [2.24, 2.45) is 0 Å². The monoisotopic (exact) mass is 283 g/mol. The highest BCUT2D eigenvalue weighted by Gasteiger charge is 2.22. The van der Waals surface area contributed by atoms with Crippen molar-refractivity contribution in [3.8, 4) is 0 Å². The summed E-state index contributed by atoms with van der Waals surface area (Å²) in [4.78, 5) is 2.40. The molecule has 1 aliphatic heterocycles. The summed E-state index contributed by atoms with van der Waals surface area (Å²) in [7, 11) is 0. The Morgan fingerprint density at radius 2 is 1.75 bits per heavy atom. The number of benzene rings is 1. The molecule has 16 heavy (non-hydrogen) atoms. The van der Waals surface area contributed by atoms with E-state index in [2.05, 4.69) is 58.9 Å². The first-order valence-corrected chi connectivity index (χ1v) is 6.86. The Balaban J connectivity index is 2.10. The summed E-state index contributed by atoms with van der Waals surface area (Å²) in [5.74, 6) is 0. The third kappa shape index (κ3) is 2.77. The number of hydrogen-bond acceptors (Lipinski definition) is 2. The fourth-order valence-electron chi connectivity index (χ4n) is 2.18. The number of halogens is 1. The van der Waals surface area contributed by atoms with Crippen molar-refractivity contribution in [1.29, 1.82) is 0 Å². The highest BCUT2D eigenvalue weighted by molar-refractivity contribution is 9.08. The van der Waals surface area contributed by atoms with Crippen LogP contribution in [0.1, 0.15) is 19.4 Å². The molecule has 0 aromatic heterocycles. The minimum absolute atomic E-state index is 0.319. The summed E-state index contributed by atoms with van der Waals surface area (Å²) in [6, 6.07) is 8.74. The number of nitrogens with zero attached hydrogens (tertiary/aromatic N) is 1. The van der Waals surface area contributed by atoms with Crippen LogP contribution in [0.25, 0.3) is 0 Å². The minimum Gasteiger partial charge on any atom is -0.372 e. The van der Waals surface area contributed by atoms with Gasteiger partial charge in [-0.15, -0.1) is 0 Å². The first-order chi connectivity index (χ1) is 7.69. The van der Waals surface area contributed by atoms with Crippen molar-refractivity contribution in [2.75, 3.05) is 18.0 Å². The van der Waals surface area contributed by atoms with Gasteiger partial charge in [-0.25, -0.2) is 0 Å². The Hall–Kier alpha value is -0.540. The predicted octanol–water partition coefficient (Wildman–Crippen LogP) is 3.20. The zero-order chi connectivity index (χ0) is 11.5. The van der Waals surface area contributed by atoms with Crippen molar-refractivity contribution < 1.29 is 4.74 Å². The van der Waals surface area contributed by atoms with E-state index in [1.807, 2.05) is 0 Å². The van der Waals surface area contributed by atoms with Crippen LogP contribution < -0.4 is 4.90 Å². The zero-order valence-electron chi connectivity index (χ0n) is 9.82. The van der Waals surface area contributed by atoms with E-state index in [9.17, 15) is 0 Å². The molecule has 0 aliphatic carbocycles. The molecule has 2 rings (SSSR count). The molecule has 0 amide bonds. The van der Waals surface area contributed by atoms with Crippen molar-refractivity contribution in [2.45, 2.75) is 31.4 Å². The van der Waals surface area contributed by atoms with Crippen molar-refractivity contribution in [3.05, 3.63) is 29.8 Å². The van der Waals surface area contributed by atoms with Gasteiger partial charge in [0.05, 0.1) is 12.2 Å². The molecule has 1 fully saturated rings. The van der Waals surface area contributed by atoms with Gasteiger partial charge in [0.15, 0.2) is 0 Å². The lowest BCUT2D eigenvalue weighted by atomic mass is 10.1. The van der Waals surface area contributed by atoms with Crippen LogP contribution in [-0.4, -0.2) is 25.3 Å². The van der Waals surface area contributed by atoms with Gasteiger partial charge in [0, 0.05) is 24.1 Å². The van der Waals surface area contributed by atoms with Crippen LogP contribution in [0.3, 0.4) is 0 Å². The molecule has 2 unspecified atom stereocenters. The maximum Gasteiger partial charge on any atom is 0.0726 e. The molecule has 0 N–H and O–H groups in total. The highest BCUT2D eigenvalue weighted by atomic mass is 79.9. The lowest BCUT2D eigenvalue weighted by molar-refractivity contribution is -0.00521. The van der Waals surface area contributed by atoms with E-state index in [4.69, 9.17) is 4.74 Å². The summed E-state index contributed by atoms with van der Waals surface area (Å²) in [6.07, 6.45) is 0.638. The van der Waals surface area contributed by atoms with E-state index < -0.39 is 0 Å². The molecule has 0 spiro atoms. The number of alkyl halides is 1. The second-order valence-corrected chi connectivity index (χ2v) is 5.02. The van der Waals surface area contributed by atoms with Crippen molar-refractivity contribution >= 4 is 21.6 Å². The standard InChI is InChI=1S/C13H18BrNO/c1-10-8-15(9-11(2)16-10)13-5-3-12(7-14)4-6-13/h3-6,10-11H,7-9H2,1-2H3. The molecular formula is C13H18BrNO. The summed E-state index contributed by atoms with van der Waals surface area (Å²) < 4.78 is 5.73. The van der Waals surface area contributed by atoms with E-state index in [0.717, 1.165) is 18.4 Å². The second kappa shape index (κ2) is 5.19. The molecule has 0 bridgehead atoms. The summed E-state index contributed by atoms with van der Waals surface area (Å²) in [5, 5.41) is 0.920. The topological polar surface area (TPSA) is 12.5 Å². The van der Waals surface area contributed by atoms with Crippen LogP contribution in [0.2, 0.25) is 0 Å². The molecule has 1 aliphatic rings. The van der Waals surface area contributed by atoms with Crippen LogP contribution >= 0.6 is 15.9 Å². The van der Waals surface area contributed by atoms with Gasteiger partial charge in [-0.05, 0) is 31.5 Å². The number of ether oxygens (including phenoxy) is 1. The van der Waals surface area contributed by atoms with Gasteiger partial charge in [-0.3, -0.25) is 0 Å². The Labute approximate surface area is 106 Å². The normalized spacial score (nSPS) is 25.8. The number of hydrogen-bond donors (Lipinski definition) is 0. The Morgan fingerprint density at radius 3 is 2.25 bits per heavy atom. The zero-order valence-corrected chi connectivity index (χ0v) is 11.4. The van der Waals surface area contributed by atoms with Crippen LogP contribution in [0.4, 0.5) is 5.69 Å². The summed E-state index contributed by atoms with van der Waals surface area (Å²) in [6.45, 7) is 6.24. The van der Waals surface area contributed by atoms with E-state index in [0.29, 0.717) is 12.2 Å². The van der Waals surface area contributed by atoms with Gasteiger partial charge in [0.25, 0.3) is 0 Å². The second-order valence-electron chi connectivity index (χ2n) is 4.46. The molecule has 0 radical (unpaired) electrons. The van der Waals surface area contributed by atoms with E-state index in [1.54, 1.807) is 0 Å². The van der Waals surface area contributed by atoms with Crippen molar-refractivity contribution in [3.63, 3.8) is 0 Å². The van der Waals surface area contributed by atoms with Gasteiger partial charge in [0.2, 0.25) is 0 Å². The number of anilines is 1. The first kappa shape index (κ1) is 11.9. The third-order valence-corrected chi connectivity index (χ3v) is 3.52.